The second-order valence-corrected chi connectivity index (χ2v) is 7.28. The number of rotatable bonds is 7. The monoisotopic (exact) mass is 391 g/mol. The van der Waals surface area contributed by atoms with E-state index in [1.807, 2.05) is 6.20 Å². The number of aromatic nitrogens is 4. The van der Waals surface area contributed by atoms with Crippen LogP contribution in [-0.4, -0.2) is 44.2 Å². The Balaban J connectivity index is 1.41. The normalized spacial score (nSPS) is 15.8. The van der Waals surface area contributed by atoms with Crippen LogP contribution >= 0.6 is 0 Å². The molecule has 0 saturated heterocycles. The molecular formula is C20H21N7O2. The first-order valence-electron chi connectivity index (χ1n) is 9.81. The van der Waals surface area contributed by atoms with Crippen LogP contribution in [0.1, 0.15) is 53.0 Å². The third-order valence-electron chi connectivity index (χ3n) is 5.06. The van der Waals surface area contributed by atoms with Gasteiger partial charge in [0.2, 0.25) is 0 Å². The first-order valence-corrected chi connectivity index (χ1v) is 9.81. The van der Waals surface area contributed by atoms with Crippen molar-refractivity contribution in [3.05, 3.63) is 53.2 Å². The number of ether oxygens (including phenoxy) is 1. The predicted octanol–water partition coefficient (Wildman–Crippen LogP) is 3.00. The lowest BCUT2D eigenvalue weighted by Gasteiger charge is -2.00. The molecule has 5 rings (SSSR count). The van der Waals surface area contributed by atoms with E-state index in [4.69, 9.17) is 4.74 Å². The highest BCUT2D eigenvalue weighted by Gasteiger charge is 2.24. The van der Waals surface area contributed by atoms with Gasteiger partial charge in [0, 0.05) is 18.6 Å². The number of carbonyl (C=O) groups excluding carboxylic acids is 1. The molecule has 0 aromatic carbocycles. The Morgan fingerprint density at radius 3 is 2.90 bits per heavy atom. The van der Waals surface area contributed by atoms with Crippen molar-refractivity contribution in [3.8, 4) is 0 Å². The van der Waals surface area contributed by atoms with Crippen molar-refractivity contribution in [2.45, 2.75) is 38.6 Å². The molecule has 3 aromatic rings. The number of fused-ring (bicyclic) bond motifs is 1. The highest BCUT2D eigenvalue weighted by molar-refractivity contribution is 5.93. The molecule has 0 bridgehead atoms. The Morgan fingerprint density at radius 2 is 2.14 bits per heavy atom. The van der Waals surface area contributed by atoms with E-state index in [9.17, 15) is 4.79 Å². The second kappa shape index (κ2) is 7.23. The van der Waals surface area contributed by atoms with Gasteiger partial charge in [0.15, 0.2) is 12.5 Å². The molecule has 0 N–H and O–H groups in total. The first-order chi connectivity index (χ1) is 14.2. The highest BCUT2D eigenvalue weighted by Crippen LogP contribution is 2.39. The summed E-state index contributed by atoms with van der Waals surface area (Å²) in [5.74, 6) is 0.871. The summed E-state index contributed by atoms with van der Waals surface area (Å²) >= 11 is 0. The van der Waals surface area contributed by atoms with Crippen LogP contribution in [0.2, 0.25) is 0 Å². The third kappa shape index (κ3) is 3.67. The van der Waals surface area contributed by atoms with E-state index in [-0.39, 0.29) is 0 Å². The van der Waals surface area contributed by atoms with Gasteiger partial charge in [0.25, 0.3) is 0 Å². The maximum atomic E-state index is 12.4. The zero-order valence-electron chi connectivity index (χ0n) is 16.2. The van der Waals surface area contributed by atoms with Gasteiger partial charge in [-0.1, -0.05) is 6.07 Å². The molecule has 0 radical (unpaired) electrons. The van der Waals surface area contributed by atoms with Gasteiger partial charge < -0.3 is 9.14 Å². The molecule has 9 nitrogen and oxygen atoms in total. The number of aliphatic imine (C=N–C) groups is 1. The Hall–Kier alpha value is -3.36. The summed E-state index contributed by atoms with van der Waals surface area (Å²) in [6, 6.07) is 4.21. The predicted molar refractivity (Wildman–Crippen MR) is 105 cm³/mol. The highest BCUT2D eigenvalue weighted by atomic mass is 16.5. The molecule has 0 unspecified atom stereocenters. The number of pyridine rings is 1. The zero-order valence-corrected chi connectivity index (χ0v) is 16.2. The molecule has 29 heavy (non-hydrogen) atoms. The fourth-order valence-corrected chi connectivity index (χ4v) is 3.51. The lowest BCUT2D eigenvalue weighted by Crippen LogP contribution is -2.09. The zero-order chi connectivity index (χ0) is 19.8. The van der Waals surface area contributed by atoms with E-state index in [0.717, 1.165) is 11.3 Å². The summed E-state index contributed by atoms with van der Waals surface area (Å²) in [6.07, 6.45) is 8.77. The van der Waals surface area contributed by atoms with E-state index >= 15 is 0 Å². The van der Waals surface area contributed by atoms with E-state index in [0.29, 0.717) is 49.3 Å². The van der Waals surface area contributed by atoms with Gasteiger partial charge in [0.1, 0.15) is 11.2 Å². The average Bonchev–Trinajstić information content (AvgIpc) is 3.10. The van der Waals surface area contributed by atoms with Crippen LogP contribution in [0.15, 0.2) is 45.9 Å². The lowest BCUT2D eigenvalue weighted by atomic mass is 10.2. The number of esters is 1. The van der Waals surface area contributed by atoms with Gasteiger partial charge in [-0.3, -0.25) is 4.68 Å². The fourth-order valence-electron chi connectivity index (χ4n) is 3.51. The number of carbonyl (C=O) groups is 1. The maximum absolute atomic E-state index is 12.4. The van der Waals surface area contributed by atoms with Gasteiger partial charge >= 0.3 is 5.97 Å². The number of imidazole rings is 1. The van der Waals surface area contributed by atoms with Crippen LogP contribution in [0.25, 0.3) is 5.65 Å². The van der Waals surface area contributed by atoms with Gasteiger partial charge in [-0.2, -0.15) is 10.2 Å². The minimum absolute atomic E-state index is 0.305. The Kier molecular flexibility index (Phi) is 4.42. The van der Waals surface area contributed by atoms with Gasteiger partial charge in [0.05, 0.1) is 31.0 Å². The molecule has 4 heterocycles. The molecule has 3 aromatic heterocycles. The largest absolute Gasteiger partial charge is 0.462 e. The number of amidine groups is 1. The standard InChI is InChI=1S/C20H21N7O2/c1-2-29-20(28)16-11-27(25-17(16)7-18-21-12-22-24-18)10-15-9-26-8-14(13-3-4-13)5-6-19(26)23-15/h5-6,8-9,11,13H,2-4,7,10,12H2,1H3. The topological polar surface area (TPSA) is 98.5 Å². The molecule has 0 amide bonds. The van der Waals surface area contributed by atoms with Crippen molar-refractivity contribution in [1.29, 1.82) is 0 Å². The summed E-state index contributed by atoms with van der Waals surface area (Å²) in [5.41, 5.74) is 4.15. The molecule has 0 spiro atoms. The van der Waals surface area contributed by atoms with Crippen LogP contribution in [0, 0.1) is 0 Å². The molecule has 148 valence electrons. The summed E-state index contributed by atoms with van der Waals surface area (Å²) < 4.78 is 8.96. The van der Waals surface area contributed by atoms with Crippen molar-refractivity contribution < 1.29 is 9.53 Å². The van der Waals surface area contributed by atoms with Crippen molar-refractivity contribution >= 4 is 17.5 Å². The van der Waals surface area contributed by atoms with Crippen LogP contribution in [0.5, 0.6) is 0 Å². The van der Waals surface area contributed by atoms with Crippen molar-refractivity contribution in [2.24, 2.45) is 15.2 Å². The smallest absolute Gasteiger partial charge is 0.341 e. The molecule has 2 aliphatic rings. The van der Waals surface area contributed by atoms with E-state index in [1.54, 1.807) is 17.8 Å². The van der Waals surface area contributed by atoms with Crippen molar-refractivity contribution in [2.75, 3.05) is 13.3 Å². The molecule has 1 aliphatic heterocycles. The SMILES string of the molecule is CCOC(=O)c1cn(Cc2cn3cc(C4CC4)ccc3n2)nc1CC1=NCN=N1. The molecular weight excluding hydrogens is 370 g/mol. The summed E-state index contributed by atoms with van der Waals surface area (Å²) in [4.78, 5) is 21.2. The lowest BCUT2D eigenvalue weighted by molar-refractivity contribution is 0.0525. The molecule has 0 atom stereocenters. The van der Waals surface area contributed by atoms with Crippen LogP contribution in [0.3, 0.4) is 0 Å². The van der Waals surface area contributed by atoms with Crippen molar-refractivity contribution in [1.82, 2.24) is 19.2 Å². The molecule has 1 saturated carbocycles. The molecule has 1 aliphatic carbocycles. The van der Waals surface area contributed by atoms with Gasteiger partial charge in [-0.05, 0) is 37.3 Å². The summed E-state index contributed by atoms with van der Waals surface area (Å²) in [6.45, 7) is 2.87. The quantitative estimate of drug-likeness (QED) is 0.578. The van der Waals surface area contributed by atoms with Crippen LogP contribution in [0.4, 0.5) is 0 Å². The maximum Gasteiger partial charge on any atom is 0.341 e. The summed E-state index contributed by atoms with van der Waals surface area (Å²) in [7, 11) is 0. The minimum atomic E-state index is -0.395. The van der Waals surface area contributed by atoms with Crippen LogP contribution in [-0.2, 0) is 17.7 Å². The first kappa shape index (κ1) is 17.7. The molecule has 9 heteroatoms. The number of nitrogens with zero attached hydrogens (tertiary/aromatic N) is 7. The van der Waals surface area contributed by atoms with Gasteiger partial charge in [-0.25, -0.2) is 14.8 Å². The summed E-state index contributed by atoms with van der Waals surface area (Å²) in [5, 5.41) is 12.4. The molecule has 1 fully saturated rings. The average molecular weight is 391 g/mol. The van der Waals surface area contributed by atoms with Crippen LogP contribution < -0.4 is 0 Å². The number of azo groups is 1. The minimum Gasteiger partial charge on any atom is -0.462 e. The van der Waals surface area contributed by atoms with E-state index in [2.05, 4.69) is 48.0 Å². The Labute approximate surface area is 167 Å². The fraction of sp³-hybridized carbons (Fsp3) is 0.400. The number of hydrogen-bond acceptors (Lipinski definition) is 7. The third-order valence-corrected chi connectivity index (χ3v) is 5.06. The second-order valence-electron chi connectivity index (χ2n) is 7.28. The van der Waals surface area contributed by atoms with Gasteiger partial charge in [-0.15, -0.1) is 5.11 Å². The van der Waals surface area contributed by atoms with E-state index < -0.39 is 5.97 Å². The van der Waals surface area contributed by atoms with Crippen molar-refractivity contribution in [3.63, 3.8) is 0 Å². The van der Waals surface area contributed by atoms with E-state index in [1.165, 1.54) is 18.4 Å². The number of hydrogen-bond donors (Lipinski definition) is 0. The Morgan fingerprint density at radius 1 is 1.24 bits per heavy atom. The Bertz CT molecular complexity index is 1140.